The number of nitrogens with one attached hydrogen (secondary N) is 1. The van der Waals surface area contributed by atoms with Gasteiger partial charge in [0, 0.05) is 26.2 Å². The Hall–Kier alpha value is -0.410. The van der Waals surface area contributed by atoms with E-state index in [1.54, 1.807) is 4.90 Å². The van der Waals surface area contributed by atoms with Gasteiger partial charge in [-0.1, -0.05) is 6.42 Å². The number of halogens is 1. The molecule has 2 heterocycles. The van der Waals surface area contributed by atoms with E-state index in [2.05, 4.69) is 5.32 Å². The van der Waals surface area contributed by atoms with E-state index < -0.39 is 10.2 Å². The molecule has 0 radical (unpaired) electrons. The Kier molecular flexibility index (Phi) is 6.00. The molecule has 2 rings (SSSR count). The fraction of sp³-hybridized carbons (Fsp3) is 0.900. The number of carbonyl (C=O) groups excluding carboxylic acids is 1. The molecule has 0 saturated carbocycles. The number of carbonyl (C=O) groups is 1. The molecule has 1 atom stereocenters. The van der Waals surface area contributed by atoms with E-state index in [0.717, 1.165) is 25.8 Å². The maximum atomic E-state index is 12.2. The van der Waals surface area contributed by atoms with Crippen molar-refractivity contribution < 1.29 is 13.2 Å². The molecule has 3 N–H and O–H groups in total. The zero-order chi connectivity index (χ0) is 13.2. The summed E-state index contributed by atoms with van der Waals surface area (Å²) in [4.78, 5) is 13.9. The number of hydrogen-bond donors (Lipinski definition) is 2. The monoisotopic (exact) mass is 312 g/mol. The highest BCUT2D eigenvalue weighted by Gasteiger charge is 2.30. The largest absolute Gasteiger partial charge is 0.339 e. The van der Waals surface area contributed by atoms with Crippen molar-refractivity contribution in [3.8, 4) is 0 Å². The van der Waals surface area contributed by atoms with E-state index in [9.17, 15) is 13.2 Å². The lowest BCUT2D eigenvalue weighted by atomic mass is 10.0. The predicted molar refractivity (Wildman–Crippen MR) is 74.1 cm³/mol. The Labute approximate surface area is 120 Å². The SMILES string of the molecule is Cl.NS(=O)(=O)N1CCN(C(=O)C2CCCCN2)CC1. The fourth-order valence-electron chi connectivity index (χ4n) is 2.45. The van der Waals surface area contributed by atoms with Crippen LogP contribution in [0, 0.1) is 0 Å². The minimum atomic E-state index is -3.62. The van der Waals surface area contributed by atoms with Crippen LogP contribution in [-0.4, -0.2) is 62.3 Å². The summed E-state index contributed by atoms with van der Waals surface area (Å²) in [6.45, 7) is 2.31. The Morgan fingerprint density at radius 3 is 2.26 bits per heavy atom. The highest BCUT2D eigenvalue weighted by atomic mass is 35.5. The van der Waals surface area contributed by atoms with Crippen molar-refractivity contribution in [2.75, 3.05) is 32.7 Å². The summed E-state index contributed by atoms with van der Waals surface area (Å²) < 4.78 is 23.5. The molecule has 0 spiro atoms. The van der Waals surface area contributed by atoms with Crippen LogP contribution in [0.25, 0.3) is 0 Å². The Balaban J connectivity index is 0.00000180. The van der Waals surface area contributed by atoms with Gasteiger partial charge in [0.2, 0.25) is 5.91 Å². The van der Waals surface area contributed by atoms with Crippen molar-refractivity contribution in [1.82, 2.24) is 14.5 Å². The standard InChI is InChI=1S/C10H20N4O3S.ClH/c11-18(16,17)14-7-5-13(6-8-14)10(15)9-3-1-2-4-12-9;/h9,12H,1-8H2,(H2,11,16,17);1H. The van der Waals surface area contributed by atoms with Crippen molar-refractivity contribution in [1.29, 1.82) is 0 Å². The van der Waals surface area contributed by atoms with Gasteiger partial charge in [-0.25, -0.2) is 5.14 Å². The molecular weight excluding hydrogens is 292 g/mol. The lowest BCUT2D eigenvalue weighted by molar-refractivity contribution is -0.135. The Morgan fingerprint density at radius 2 is 1.79 bits per heavy atom. The molecule has 0 aromatic carbocycles. The molecule has 0 bridgehead atoms. The topological polar surface area (TPSA) is 95.7 Å². The van der Waals surface area contributed by atoms with Crippen LogP contribution in [0.5, 0.6) is 0 Å². The minimum Gasteiger partial charge on any atom is -0.339 e. The van der Waals surface area contributed by atoms with Gasteiger partial charge in [0.15, 0.2) is 0 Å². The normalized spacial score (nSPS) is 25.7. The second kappa shape index (κ2) is 6.85. The first-order valence-electron chi connectivity index (χ1n) is 6.28. The van der Waals surface area contributed by atoms with Gasteiger partial charge in [0.1, 0.15) is 0 Å². The smallest absolute Gasteiger partial charge is 0.277 e. The maximum absolute atomic E-state index is 12.2. The molecule has 0 aromatic rings. The maximum Gasteiger partial charge on any atom is 0.277 e. The minimum absolute atomic E-state index is 0. The van der Waals surface area contributed by atoms with Gasteiger partial charge in [-0.15, -0.1) is 12.4 Å². The van der Waals surface area contributed by atoms with Crippen LogP contribution < -0.4 is 10.5 Å². The summed E-state index contributed by atoms with van der Waals surface area (Å²) >= 11 is 0. The van der Waals surface area contributed by atoms with Gasteiger partial charge >= 0.3 is 0 Å². The molecule has 9 heteroatoms. The first-order valence-corrected chi connectivity index (χ1v) is 7.79. The van der Waals surface area contributed by atoms with Crippen molar-refractivity contribution in [2.45, 2.75) is 25.3 Å². The quantitative estimate of drug-likeness (QED) is 0.676. The van der Waals surface area contributed by atoms with E-state index in [-0.39, 0.29) is 37.4 Å². The third kappa shape index (κ3) is 4.28. The number of piperidine rings is 1. The number of piperazine rings is 1. The zero-order valence-corrected chi connectivity index (χ0v) is 12.4. The highest BCUT2D eigenvalue weighted by molar-refractivity contribution is 7.86. The first-order chi connectivity index (χ1) is 8.48. The molecule has 2 fully saturated rings. The predicted octanol–water partition coefficient (Wildman–Crippen LogP) is -1.10. The number of nitrogens with two attached hydrogens (primary N) is 1. The van der Waals surface area contributed by atoms with Crippen LogP contribution in [0.4, 0.5) is 0 Å². The molecule has 2 aliphatic rings. The summed E-state index contributed by atoms with van der Waals surface area (Å²) in [5.41, 5.74) is 0. The first kappa shape index (κ1) is 16.6. The Bertz CT molecular complexity index is 403. The fourth-order valence-corrected chi connectivity index (χ4v) is 3.12. The van der Waals surface area contributed by atoms with E-state index >= 15 is 0 Å². The average molecular weight is 313 g/mol. The number of amides is 1. The Morgan fingerprint density at radius 1 is 1.16 bits per heavy atom. The summed E-state index contributed by atoms with van der Waals surface area (Å²) in [5, 5.41) is 8.27. The molecule has 2 aliphatic heterocycles. The third-order valence-corrected chi connectivity index (χ3v) is 4.60. The number of nitrogens with zero attached hydrogens (tertiary/aromatic N) is 2. The molecule has 1 amide bonds. The van der Waals surface area contributed by atoms with Crippen LogP contribution in [0.1, 0.15) is 19.3 Å². The second-order valence-corrected chi connectivity index (χ2v) is 6.32. The van der Waals surface area contributed by atoms with Crippen LogP contribution in [-0.2, 0) is 15.0 Å². The summed E-state index contributed by atoms with van der Waals surface area (Å²) in [7, 11) is -3.62. The van der Waals surface area contributed by atoms with E-state index in [1.165, 1.54) is 4.31 Å². The molecule has 7 nitrogen and oxygen atoms in total. The van der Waals surface area contributed by atoms with Crippen molar-refractivity contribution in [2.24, 2.45) is 5.14 Å². The molecule has 0 aliphatic carbocycles. The van der Waals surface area contributed by atoms with Gasteiger partial charge in [0.25, 0.3) is 10.2 Å². The van der Waals surface area contributed by atoms with Crippen molar-refractivity contribution in [3.05, 3.63) is 0 Å². The second-order valence-electron chi connectivity index (χ2n) is 4.77. The van der Waals surface area contributed by atoms with Crippen LogP contribution in [0.3, 0.4) is 0 Å². The molecule has 1 unspecified atom stereocenters. The molecule has 0 aromatic heterocycles. The van der Waals surface area contributed by atoms with Crippen molar-refractivity contribution in [3.63, 3.8) is 0 Å². The van der Waals surface area contributed by atoms with E-state index in [4.69, 9.17) is 5.14 Å². The molecule has 2 saturated heterocycles. The zero-order valence-electron chi connectivity index (χ0n) is 10.7. The van der Waals surface area contributed by atoms with Crippen LogP contribution in [0.15, 0.2) is 0 Å². The van der Waals surface area contributed by atoms with Gasteiger partial charge < -0.3 is 10.2 Å². The summed E-state index contributed by atoms with van der Waals surface area (Å²) in [6, 6.07) is -0.0974. The third-order valence-electron chi connectivity index (χ3n) is 3.52. The average Bonchev–Trinajstić information content (AvgIpc) is 2.38. The van der Waals surface area contributed by atoms with Gasteiger partial charge in [-0.05, 0) is 19.4 Å². The highest BCUT2D eigenvalue weighted by Crippen LogP contribution is 2.12. The van der Waals surface area contributed by atoms with E-state index in [1.807, 2.05) is 0 Å². The van der Waals surface area contributed by atoms with Gasteiger partial charge in [-0.2, -0.15) is 12.7 Å². The summed E-state index contributed by atoms with van der Waals surface area (Å²) in [6.07, 6.45) is 3.05. The summed E-state index contributed by atoms with van der Waals surface area (Å²) in [5.74, 6) is 0.0868. The number of rotatable bonds is 2. The lowest BCUT2D eigenvalue weighted by Crippen LogP contribution is -2.56. The van der Waals surface area contributed by atoms with Crippen LogP contribution in [0.2, 0.25) is 0 Å². The van der Waals surface area contributed by atoms with Gasteiger partial charge in [0.05, 0.1) is 6.04 Å². The molecular formula is C10H21ClN4O3S. The molecule has 112 valence electrons. The number of hydrogen-bond acceptors (Lipinski definition) is 4. The van der Waals surface area contributed by atoms with Crippen LogP contribution >= 0.6 is 12.4 Å². The van der Waals surface area contributed by atoms with Crippen molar-refractivity contribution >= 4 is 28.5 Å². The van der Waals surface area contributed by atoms with Gasteiger partial charge in [-0.3, -0.25) is 4.79 Å². The lowest BCUT2D eigenvalue weighted by Gasteiger charge is -2.36. The van der Waals surface area contributed by atoms with E-state index in [0.29, 0.717) is 13.1 Å². The molecule has 19 heavy (non-hydrogen) atoms.